The Kier molecular flexibility index (Phi) is 6.28. The Balaban J connectivity index is 1.51. The summed E-state index contributed by atoms with van der Waals surface area (Å²) in [5.74, 6) is 1.62. The third kappa shape index (κ3) is 4.44. The van der Waals surface area contributed by atoms with Gasteiger partial charge in [-0.05, 0) is 29.8 Å². The zero-order chi connectivity index (χ0) is 21.8. The van der Waals surface area contributed by atoms with Crippen molar-refractivity contribution in [3.63, 3.8) is 0 Å². The van der Waals surface area contributed by atoms with Crippen molar-refractivity contribution in [3.05, 3.63) is 76.7 Å². The molecule has 0 amide bonds. The van der Waals surface area contributed by atoms with E-state index in [4.69, 9.17) is 9.47 Å². The normalized spacial score (nSPS) is 14.5. The van der Waals surface area contributed by atoms with Gasteiger partial charge in [0.05, 0.1) is 25.5 Å². The molecular weight excluding hydrogens is 390 g/mol. The molecule has 31 heavy (non-hydrogen) atoms. The molecular formula is C25H29N3O3. The van der Waals surface area contributed by atoms with Crippen LogP contribution >= 0.6 is 0 Å². The van der Waals surface area contributed by atoms with Gasteiger partial charge in [-0.3, -0.25) is 9.69 Å². The van der Waals surface area contributed by atoms with Crippen LogP contribution in [0.15, 0.2) is 65.6 Å². The lowest BCUT2D eigenvalue weighted by molar-refractivity contribution is 0.248. The molecule has 162 valence electrons. The number of hydrogen-bond acceptors (Lipinski definition) is 5. The number of rotatable bonds is 6. The van der Waals surface area contributed by atoms with Gasteiger partial charge >= 0.3 is 0 Å². The SMILES string of the molecule is COc1ccccc1-c1cc(CN2CCN(c3ccccc3OC)CC2)cn(C)c1=O. The summed E-state index contributed by atoms with van der Waals surface area (Å²) in [5, 5.41) is 0. The van der Waals surface area contributed by atoms with Crippen LogP contribution in [0, 0.1) is 0 Å². The number of aryl methyl sites for hydroxylation is 1. The van der Waals surface area contributed by atoms with Crippen LogP contribution < -0.4 is 19.9 Å². The molecule has 0 aliphatic carbocycles. The van der Waals surface area contributed by atoms with Crippen molar-refractivity contribution >= 4 is 5.69 Å². The average Bonchev–Trinajstić information content (AvgIpc) is 2.81. The fraction of sp³-hybridized carbons (Fsp3) is 0.320. The van der Waals surface area contributed by atoms with Crippen molar-refractivity contribution in [1.29, 1.82) is 0 Å². The largest absolute Gasteiger partial charge is 0.496 e. The van der Waals surface area contributed by atoms with E-state index in [0.717, 1.165) is 55.3 Å². The highest BCUT2D eigenvalue weighted by molar-refractivity contribution is 5.70. The van der Waals surface area contributed by atoms with E-state index in [2.05, 4.69) is 15.9 Å². The zero-order valence-electron chi connectivity index (χ0n) is 18.4. The number of para-hydroxylation sites is 3. The van der Waals surface area contributed by atoms with E-state index in [0.29, 0.717) is 11.3 Å². The van der Waals surface area contributed by atoms with Crippen LogP contribution in [-0.4, -0.2) is 49.9 Å². The van der Waals surface area contributed by atoms with Crippen LogP contribution in [0.4, 0.5) is 5.69 Å². The third-order valence-electron chi connectivity index (χ3n) is 5.84. The van der Waals surface area contributed by atoms with E-state index >= 15 is 0 Å². The smallest absolute Gasteiger partial charge is 0.258 e. The molecule has 2 heterocycles. The first kappa shape index (κ1) is 21.0. The molecule has 1 saturated heterocycles. The summed E-state index contributed by atoms with van der Waals surface area (Å²) in [6.45, 7) is 4.57. The van der Waals surface area contributed by atoms with Gasteiger partial charge in [0.1, 0.15) is 11.5 Å². The Morgan fingerprint density at radius 2 is 1.48 bits per heavy atom. The van der Waals surface area contributed by atoms with Gasteiger partial charge in [-0.25, -0.2) is 0 Å². The molecule has 0 unspecified atom stereocenters. The number of aromatic nitrogens is 1. The molecule has 0 N–H and O–H groups in total. The molecule has 0 saturated carbocycles. The molecule has 3 aromatic rings. The molecule has 0 radical (unpaired) electrons. The first-order chi connectivity index (χ1) is 15.1. The van der Waals surface area contributed by atoms with Crippen molar-refractivity contribution in [2.45, 2.75) is 6.54 Å². The van der Waals surface area contributed by atoms with Crippen molar-refractivity contribution in [2.75, 3.05) is 45.3 Å². The van der Waals surface area contributed by atoms with E-state index in [1.807, 2.05) is 61.8 Å². The Morgan fingerprint density at radius 1 is 0.839 bits per heavy atom. The van der Waals surface area contributed by atoms with E-state index in [-0.39, 0.29) is 5.56 Å². The van der Waals surface area contributed by atoms with E-state index in [1.165, 1.54) is 0 Å². The van der Waals surface area contributed by atoms with Crippen molar-refractivity contribution in [3.8, 4) is 22.6 Å². The lowest BCUT2D eigenvalue weighted by Crippen LogP contribution is -2.46. The molecule has 4 rings (SSSR count). The van der Waals surface area contributed by atoms with E-state index in [9.17, 15) is 4.79 Å². The highest BCUT2D eigenvalue weighted by atomic mass is 16.5. The van der Waals surface area contributed by atoms with Gasteiger partial charge in [-0.2, -0.15) is 0 Å². The number of anilines is 1. The first-order valence-electron chi connectivity index (χ1n) is 10.5. The van der Waals surface area contributed by atoms with Crippen LogP contribution in [0.2, 0.25) is 0 Å². The third-order valence-corrected chi connectivity index (χ3v) is 5.84. The summed E-state index contributed by atoms with van der Waals surface area (Å²) in [7, 11) is 5.16. The monoisotopic (exact) mass is 419 g/mol. The van der Waals surface area contributed by atoms with Gasteiger partial charge in [-0.1, -0.05) is 30.3 Å². The highest BCUT2D eigenvalue weighted by Crippen LogP contribution is 2.30. The summed E-state index contributed by atoms with van der Waals surface area (Å²) in [5.41, 5.74) is 3.74. The number of nitrogens with zero attached hydrogens (tertiary/aromatic N) is 3. The standard InChI is InChI=1S/C25H29N3O3/c1-26-17-19(16-21(25(26)29)20-8-4-6-10-23(20)30-2)18-27-12-14-28(15-13-27)22-9-5-7-11-24(22)31-3/h4-11,16-17H,12-15,18H2,1-3H3. The molecule has 6 nitrogen and oxygen atoms in total. The summed E-state index contributed by atoms with van der Waals surface area (Å²) < 4.78 is 12.7. The van der Waals surface area contributed by atoms with Gasteiger partial charge in [0.2, 0.25) is 0 Å². The summed E-state index contributed by atoms with van der Waals surface area (Å²) >= 11 is 0. The predicted molar refractivity (Wildman–Crippen MR) is 124 cm³/mol. The number of methoxy groups -OCH3 is 2. The minimum atomic E-state index is -0.0192. The van der Waals surface area contributed by atoms with Crippen molar-refractivity contribution in [1.82, 2.24) is 9.47 Å². The van der Waals surface area contributed by atoms with Crippen LogP contribution in [0.3, 0.4) is 0 Å². The predicted octanol–water partition coefficient (Wildman–Crippen LogP) is 3.39. The first-order valence-corrected chi connectivity index (χ1v) is 10.5. The molecule has 1 fully saturated rings. The van der Waals surface area contributed by atoms with Crippen molar-refractivity contribution in [2.24, 2.45) is 7.05 Å². The number of ether oxygens (including phenoxy) is 2. The van der Waals surface area contributed by atoms with E-state index < -0.39 is 0 Å². The van der Waals surface area contributed by atoms with Gasteiger partial charge in [0.15, 0.2) is 0 Å². The Morgan fingerprint density at radius 3 is 2.19 bits per heavy atom. The maximum Gasteiger partial charge on any atom is 0.258 e. The lowest BCUT2D eigenvalue weighted by atomic mass is 10.0. The van der Waals surface area contributed by atoms with Crippen LogP contribution in [0.25, 0.3) is 11.1 Å². The van der Waals surface area contributed by atoms with Gasteiger partial charge in [0, 0.05) is 51.5 Å². The van der Waals surface area contributed by atoms with E-state index in [1.54, 1.807) is 18.8 Å². The Hall–Kier alpha value is -3.25. The van der Waals surface area contributed by atoms with Gasteiger partial charge in [-0.15, -0.1) is 0 Å². The lowest BCUT2D eigenvalue weighted by Gasteiger charge is -2.36. The van der Waals surface area contributed by atoms with Crippen LogP contribution in [-0.2, 0) is 13.6 Å². The fourth-order valence-electron chi connectivity index (χ4n) is 4.22. The number of piperazine rings is 1. The fourth-order valence-corrected chi connectivity index (χ4v) is 4.22. The van der Waals surface area contributed by atoms with Gasteiger partial charge < -0.3 is 18.9 Å². The Bertz CT molecular complexity index is 1100. The summed E-state index contributed by atoms with van der Waals surface area (Å²) in [6.07, 6.45) is 1.94. The van der Waals surface area contributed by atoms with Gasteiger partial charge in [0.25, 0.3) is 5.56 Å². The zero-order valence-corrected chi connectivity index (χ0v) is 18.4. The number of benzene rings is 2. The minimum absolute atomic E-state index is 0.0192. The molecule has 0 atom stereocenters. The molecule has 0 bridgehead atoms. The average molecular weight is 420 g/mol. The number of pyridine rings is 1. The highest BCUT2D eigenvalue weighted by Gasteiger charge is 2.20. The molecule has 1 aliphatic rings. The maximum absolute atomic E-state index is 12.8. The van der Waals surface area contributed by atoms with Crippen molar-refractivity contribution < 1.29 is 9.47 Å². The minimum Gasteiger partial charge on any atom is -0.496 e. The molecule has 6 heteroatoms. The summed E-state index contributed by atoms with van der Waals surface area (Å²) in [6, 6.07) is 17.8. The molecule has 1 aromatic heterocycles. The second-order valence-corrected chi connectivity index (χ2v) is 7.81. The van der Waals surface area contributed by atoms with Crippen LogP contribution in [0.5, 0.6) is 11.5 Å². The molecule has 0 spiro atoms. The second kappa shape index (κ2) is 9.27. The number of hydrogen-bond donors (Lipinski definition) is 0. The molecule has 2 aromatic carbocycles. The summed E-state index contributed by atoms with van der Waals surface area (Å²) in [4.78, 5) is 17.6. The quantitative estimate of drug-likeness (QED) is 0.613. The maximum atomic E-state index is 12.8. The Labute approximate surface area is 183 Å². The topological polar surface area (TPSA) is 46.9 Å². The second-order valence-electron chi connectivity index (χ2n) is 7.81. The van der Waals surface area contributed by atoms with Crippen LogP contribution in [0.1, 0.15) is 5.56 Å². The molecule has 1 aliphatic heterocycles.